The third kappa shape index (κ3) is 3.90. The Kier molecular flexibility index (Phi) is 5.00. The van der Waals surface area contributed by atoms with Gasteiger partial charge >= 0.3 is 5.97 Å². The predicted molar refractivity (Wildman–Crippen MR) is 104 cm³/mol. The lowest BCUT2D eigenvalue weighted by molar-refractivity contribution is -0.148. The Morgan fingerprint density at radius 3 is 2.30 bits per heavy atom. The molecule has 1 amide bonds. The molecule has 5 rings (SSSR count). The summed E-state index contributed by atoms with van der Waals surface area (Å²) in [6.07, 6.45) is 8.18. The minimum atomic E-state index is -0.345. The maximum atomic E-state index is 12.4. The van der Waals surface area contributed by atoms with Crippen LogP contribution in [0.15, 0.2) is 24.3 Å². The lowest BCUT2D eigenvalue weighted by Gasteiger charge is -2.59. The third-order valence-corrected chi connectivity index (χ3v) is 7.34. The molecule has 0 aliphatic heterocycles. The van der Waals surface area contributed by atoms with Gasteiger partial charge in [0.15, 0.2) is 6.61 Å². The van der Waals surface area contributed by atoms with E-state index in [0.29, 0.717) is 0 Å². The van der Waals surface area contributed by atoms with Crippen LogP contribution in [0.1, 0.15) is 56.6 Å². The van der Waals surface area contributed by atoms with E-state index >= 15 is 0 Å². The second-order valence-electron chi connectivity index (χ2n) is 9.33. The van der Waals surface area contributed by atoms with Crippen molar-refractivity contribution in [3.05, 3.63) is 35.4 Å². The largest absolute Gasteiger partial charge is 0.455 e. The lowest BCUT2D eigenvalue weighted by Crippen LogP contribution is -2.56. The molecule has 0 heterocycles. The van der Waals surface area contributed by atoms with E-state index < -0.39 is 0 Å². The molecule has 1 aromatic rings. The van der Waals surface area contributed by atoms with E-state index in [2.05, 4.69) is 12.2 Å². The molecule has 4 bridgehead atoms. The molecular weight excluding hydrogens is 338 g/mol. The Morgan fingerprint density at radius 1 is 1.11 bits per heavy atom. The molecule has 1 N–H and O–H groups in total. The standard InChI is InChI=1S/C23H31NO3/c1-15-5-3-4-6-20(15)10-22(26)27-14-21(25)24-16(2)23-11-17-7-18(12-23)9-19(8-17)13-23/h3-6,16-19H,7-14H2,1-2H3,(H,24,25)/t16-,17?,18?,19?,23?/m1/s1. The van der Waals surface area contributed by atoms with Crippen molar-refractivity contribution in [3.8, 4) is 0 Å². The number of ether oxygens (including phenoxy) is 1. The number of esters is 1. The van der Waals surface area contributed by atoms with Gasteiger partial charge < -0.3 is 10.1 Å². The van der Waals surface area contributed by atoms with Crippen LogP contribution < -0.4 is 5.32 Å². The van der Waals surface area contributed by atoms with Crippen molar-refractivity contribution in [3.63, 3.8) is 0 Å². The number of hydrogen-bond donors (Lipinski definition) is 1. The fourth-order valence-electron chi connectivity index (χ4n) is 6.31. The molecule has 4 saturated carbocycles. The van der Waals surface area contributed by atoms with E-state index in [4.69, 9.17) is 4.74 Å². The number of carbonyl (C=O) groups is 2. The Balaban J connectivity index is 1.27. The first kappa shape index (κ1) is 18.5. The molecule has 1 aromatic carbocycles. The van der Waals surface area contributed by atoms with Crippen molar-refractivity contribution < 1.29 is 14.3 Å². The summed E-state index contributed by atoms with van der Waals surface area (Å²) >= 11 is 0. The topological polar surface area (TPSA) is 55.4 Å². The Bertz CT molecular complexity index is 691. The maximum Gasteiger partial charge on any atom is 0.310 e. The Hall–Kier alpha value is -1.84. The zero-order valence-corrected chi connectivity index (χ0v) is 16.5. The summed E-state index contributed by atoms with van der Waals surface area (Å²) in [5.41, 5.74) is 2.29. The van der Waals surface area contributed by atoms with E-state index in [9.17, 15) is 9.59 Å². The molecular formula is C23H31NO3. The Labute approximate surface area is 162 Å². The number of hydrogen-bond acceptors (Lipinski definition) is 3. The monoisotopic (exact) mass is 369 g/mol. The van der Waals surface area contributed by atoms with Crippen LogP contribution in [-0.4, -0.2) is 24.5 Å². The van der Waals surface area contributed by atoms with Gasteiger partial charge in [-0.15, -0.1) is 0 Å². The first-order chi connectivity index (χ1) is 12.9. The maximum absolute atomic E-state index is 12.4. The highest BCUT2D eigenvalue weighted by Gasteiger charge is 2.53. The van der Waals surface area contributed by atoms with Crippen LogP contribution in [0.4, 0.5) is 0 Å². The molecule has 0 aromatic heterocycles. The highest BCUT2D eigenvalue weighted by Crippen LogP contribution is 2.61. The van der Waals surface area contributed by atoms with Gasteiger partial charge in [0.25, 0.3) is 5.91 Å². The van der Waals surface area contributed by atoms with Crippen LogP contribution in [-0.2, 0) is 20.7 Å². The van der Waals surface area contributed by atoms with Crippen LogP contribution in [0.3, 0.4) is 0 Å². The van der Waals surface area contributed by atoms with Crippen molar-refractivity contribution in [2.45, 2.75) is 64.8 Å². The number of benzene rings is 1. The van der Waals surface area contributed by atoms with Crippen molar-refractivity contribution >= 4 is 11.9 Å². The summed E-state index contributed by atoms with van der Waals surface area (Å²) in [5.74, 6) is 2.07. The van der Waals surface area contributed by atoms with Gasteiger partial charge in [0.05, 0.1) is 6.42 Å². The second kappa shape index (κ2) is 7.29. The summed E-state index contributed by atoms with van der Waals surface area (Å²) in [7, 11) is 0. The van der Waals surface area contributed by atoms with Gasteiger partial charge in [0, 0.05) is 6.04 Å². The summed E-state index contributed by atoms with van der Waals surface area (Å²) < 4.78 is 5.23. The quantitative estimate of drug-likeness (QED) is 0.776. The first-order valence-corrected chi connectivity index (χ1v) is 10.4. The molecule has 0 spiro atoms. The second-order valence-corrected chi connectivity index (χ2v) is 9.33. The highest BCUT2D eigenvalue weighted by atomic mass is 16.5. The van der Waals surface area contributed by atoms with E-state index in [1.807, 2.05) is 31.2 Å². The van der Waals surface area contributed by atoms with E-state index in [0.717, 1.165) is 28.9 Å². The first-order valence-electron chi connectivity index (χ1n) is 10.4. The average Bonchev–Trinajstić information content (AvgIpc) is 2.61. The molecule has 0 unspecified atom stereocenters. The molecule has 0 radical (unpaired) electrons. The van der Waals surface area contributed by atoms with Crippen molar-refractivity contribution in [2.24, 2.45) is 23.2 Å². The summed E-state index contributed by atoms with van der Waals surface area (Å²) in [6, 6.07) is 7.92. The van der Waals surface area contributed by atoms with Crippen molar-refractivity contribution in [1.82, 2.24) is 5.32 Å². The van der Waals surface area contributed by atoms with E-state index in [-0.39, 0.29) is 36.4 Å². The van der Waals surface area contributed by atoms with E-state index in [1.165, 1.54) is 38.5 Å². The van der Waals surface area contributed by atoms with Crippen LogP contribution >= 0.6 is 0 Å². The molecule has 4 nitrogen and oxygen atoms in total. The molecule has 4 heteroatoms. The van der Waals surface area contributed by atoms with Gasteiger partial charge in [-0.3, -0.25) is 9.59 Å². The zero-order valence-electron chi connectivity index (χ0n) is 16.5. The van der Waals surface area contributed by atoms with Crippen molar-refractivity contribution in [2.75, 3.05) is 6.61 Å². The minimum Gasteiger partial charge on any atom is -0.455 e. The smallest absolute Gasteiger partial charge is 0.310 e. The van der Waals surface area contributed by atoms with Gasteiger partial charge in [-0.25, -0.2) is 0 Å². The van der Waals surface area contributed by atoms with Crippen molar-refractivity contribution in [1.29, 1.82) is 0 Å². The highest BCUT2D eigenvalue weighted by molar-refractivity contribution is 5.81. The lowest BCUT2D eigenvalue weighted by atomic mass is 9.48. The SMILES string of the molecule is Cc1ccccc1CC(=O)OCC(=O)N[C@H](C)C12CC3CC(CC(C3)C1)C2. The zero-order chi connectivity index (χ0) is 19.0. The molecule has 146 valence electrons. The predicted octanol–water partition coefficient (Wildman–Crippen LogP) is 3.80. The van der Waals surface area contributed by atoms with Gasteiger partial charge in [-0.2, -0.15) is 0 Å². The number of carbonyl (C=O) groups excluding carboxylic acids is 2. The van der Waals surface area contributed by atoms with Crippen LogP contribution in [0.5, 0.6) is 0 Å². The molecule has 0 saturated heterocycles. The van der Waals surface area contributed by atoms with Gasteiger partial charge in [0.2, 0.25) is 0 Å². The molecule has 4 aliphatic rings. The Morgan fingerprint density at radius 2 is 1.70 bits per heavy atom. The molecule has 1 atom stereocenters. The average molecular weight is 370 g/mol. The number of nitrogens with one attached hydrogen (secondary N) is 1. The van der Waals surface area contributed by atoms with Gasteiger partial charge in [-0.05, 0) is 86.7 Å². The van der Waals surface area contributed by atoms with Gasteiger partial charge in [0.1, 0.15) is 0 Å². The summed E-state index contributed by atoms with van der Waals surface area (Å²) in [5, 5.41) is 3.15. The van der Waals surface area contributed by atoms with Crippen LogP contribution in [0.2, 0.25) is 0 Å². The van der Waals surface area contributed by atoms with Gasteiger partial charge in [-0.1, -0.05) is 24.3 Å². The fraction of sp³-hybridized carbons (Fsp3) is 0.652. The normalized spacial score (nSPS) is 32.1. The summed E-state index contributed by atoms with van der Waals surface area (Å²) in [6.45, 7) is 3.95. The van der Waals surface area contributed by atoms with Crippen LogP contribution in [0, 0.1) is 30.1 Å². The molecule has 27 heavy (non-hydrogen) atoms. The number of amides is 1. The van der Waals surface area contributed by atoms with E-state index in [1.54, 1.807) is 0 Å². The van der Waals surface area contributed by atoms with Crippen LogP contribution in [0.25, 0.3) is 0 Å². The number of rotatable bonds is 6. The number of aryl methyl sites for hydroxylation is 1. The third-order valence-electron chi connectivity index (χ3n) is 7.34. The minimum absolute atomic E-state index is 0.161. The summed E-state index contributed by atoms with van der Waals surface area (Å²) in [4.78, 5) is 24.5. The molecule has 4 aliphatic carbocycles. The molecule has 4 fully saturated rings. The fourth-order valence-corrected chi connectivity index (χ4v) is 6.31.